The highest BCUT2D eigenvalue weighted by molar-refractivity contribution is 5.79. The van der Waals surface area contributed by atoms with Crippen LogP contribution in [0.15, 0.2) is 4.99 Å². The molecule has 1 saturated heterocycles. The lowest BCUT2D eigenvalue weighted by Gasteiger charge is -2.49. The third-order valence-corrected chi connectivity index (χ3v) is 3.19. The first-order chi connectivity index (χ1) is 6.51. The standard InChI is InChI=1S/C10H19N3O/c1-7(2)10(14)5-13(6-10)9(11)12-8-3-4-8/h7-8,14H,3-6H2,1-2H3,(H2,11,12). The summed E-state index contributed by atoms with van der Waals surface area (Å²) < 4.78 is 0. The number of guanidine groups is 1. The van der Waals surface area contributed by atoms with Crippen LogP contribution in [0.3, 0.4) is 0 Å². The van der Waals surface area contributed by atoms with Crippen molar-refractivity contribution < 1.29 is 5.11 Å². The van der Waals surface area contributed by atoms with Crippen LogP contribution in [0.5, 0.6) is 0 Å². The maximum atomic E-state index is 10.0. The number of aliphatic hydroxyl groups is 1. The summed E-state index contributed by atoms with van der Waals surface area (Å²) in [5, 5.41) is 10.0. The summed E-state index contributed by atoms with van der Waals surface area (Å²) in [4.78, 5) is 6.30. The Kier molecular flexibility index (Phi) is 2.18. The summed E-state index contributed by atoms with van der Waals surface area (Å²) in [5.41, 5.74) is 5.25. The van der Waals surface area contributed by atoms with Crippen LogP contribution < -0.4 is 5.73 Å². The van der Waals surface area contributed by atoms with E-state index in [-0.39, 0.29) is 5.92 Å². The average molecular weight is 197 g/mol. The van der Waals surface area contributed by atoms with E-state index >= 15 is 0 Å². The van der Waals surface area contributed by atoms with Gasteiger partial charge in [-0.1, -0.05) is 13.8 Å². The fourth-order valence-electron chi connectivity index (χ4n) is 1.61. The van der Waals surface area contributed by atoms with Crippen molar-refractivity contribution in [1.29, 1.82) is 0 Å². The van der Waals surface area contributed by atoms with Crippen LogP contribution in [0.2, 0.25) is 0 Å². The molecular formula is C10H19N3O. The van der Waals surface area contributed by atoms with Crippen LogP contribution in [0.1, 0.15) is 26.7 Å². The molecule has 0 aromatic rings. The minimum atomic E-state index is -0.552. The molecule has 0 amide bonds. The first-order valence-corrected chi connectivity index (χ1v) is 5.32. The lowest BCUT2D eigenvalue weighted by Crippen LogP contribution is -2.67. The van der Waals surface area contributed by atoms with Gasteiger partial charge in [-0.2, -0.15) is 0 Å². The Morgan fingerprint density at radius 2 is 2.07 bits per heavy atom. The largest absolute Gasteiger partial charge is 0.386 e. The van der Waals surface area contributed by atoms with E-state index < -0.39 is 5.60 Å². The van der Waals surface area contributed by atoms with Gasteiger partial charge in [0.05, 0.1) is 19.1 Å². The molecule has 4 nitrogen and oxygen atoms in total. The van der Waals surface area contributed by atoms with Crippen LogP contribution in [-0.2, 0) is 0 Å². The Hall–Kier alpha value is -0.770. The van der Waals surface area contributed by atoms with Gasteiger partial charge in [0, 0.05) is 0 Å². The number of hydrogen-bond acceptors (Lipinski definition) is 2. The van der Waals surface area contributed by atoms with Gasteiger partial charge in [-0.3, -0.25) is 0 Å². The summed E-state index contributed by atoms with van der Waals surface area (Å²) in [5.74, 6) is 0.894. The summed E-state index contributed by atoms with van der Waals surface area (Å²) >= 11 is 0. The van der Waals surface area contributed by atoms with Crippen molar-refractivity contribution in [3.8, 4) is 0 Å². The summed E-state index contributed by atoms with van der Waals surface area (Å²) in [6, 6.07) is 0.461. The van der Waals surface area contributed by atoms with Crippen LogP contribution >= 0.6 is 0 Å². The minimum Gasteiger partial charge on any atom is -0.386 e. The van der Waals surface area contributed by atoms with Gasteiger partial charge in [-0.25, -0.2) is 4.99 Å². The monoisotopic (exact) mass is 197 g/mol. The van der Waals surface area contributed by atoms with Crippen molar-refractivity contribution in [2.24, 2.45) is 16.6 Å². The molecule has 0 spiro atoms. The summed E-state index contributed by atoms with van der Waals surface area (Å²) in [6.45, 7) is 5.33. The molecule has 0 aromatic carbocycles. The fourth-order valence-corrected chi connectivity index (χ4v) is 1.61. The highest BCUT2D eigenvalue weighted by atomic mass is 16.3. The molecule has 1 aliphatic carbocycles. The number of rotatable bonds is 2. The van der Waals surface area contributed by atoms with Crippen LogP contribution in [0, 0.1) is 5.92 Å². The first kappa shape index (κ1) is 9.77. The Morgan fingerprint density at radius 3 is 2.50 bits per heavy atom. The third kappa shape index (κ3) is 1.71. The molecule has 2 aliphatic rings. The van der Waals surface area contributed by atoms with Crippen molar-refractivity contribution in [2.75, 3.05) is 13.1 Å². The molecule has 0 aromatic heterocycles. The topological polar surface area (TPSA) is 61.8 Å². The zero-order valence-electron chi connectivity index (χ0n) is 8.90. The maximum Gasteiger partial charge on any atom is 0.191 e. The van der Waals surface area contributed by atoms with Crippen molar-refractivity contribution in [2.45, 2.75) is 38.3 Å². The molecule has 0 unspecified atom stereocenters. The molecule has 1 aliphatic heterocycles. The fraction of sp³-hybridized carbons (Fsp3) is 0.900. The Morgan fingerprint density at radius 1 is 1.50 bits per heavy atom. The van der Waals surface area contributed by atoms with Gasteiger partial charge in [-0.05, 0) is 18.8 Å². The molecule has 2 rings (SSSR count). The van der Waals surface area contributed by atoms with E-state index in [1.165, 1.54) is 12.8 Å². The van der Waals surface area contributed by atoms with E-state index in [0.29, 0.717) is 25.1 Å². The zero-order valence-corrected chi connectivity index (χ0v) is 8.90. The van der Waals surface area contributed by atoms with Gasteiger partial charge in [0.15, 0.2) is 5.96 Å². The van der Waals surface area contributed by atoms with Gasteiger partial charge >= 0.3 is 0 Å². The van der Waals surface area contributed by atoms with Crippen LogP contribution in [0.4, 0.5) is 0 Å². The molecule has 4 heteroatoms. The van der Waals surface area contributed by atoms with E-state index in [4.69, 9.17) is 5.73 Å². The van der Waals surface area contributed by atoms with Crippen molar-refractivity contribution in [3.05, 3.63) is 0 Å². The molecule has 1 saturated carbocycles. The maximum absolute atomic E-state index is 10.0. The lowest BCUT2D eigenvalue weighted by atomic mass is 9.83. The minimum absolute atomic E-state index is 0.285. The molecule has 2 fully saturated rings. The molecular weight excluding hydrogens is 178 g/mol. The highest BCUT2D eigenvalue weighted by Crippen LogP contribution is 2.29. The second-order valence-corrected chi connectivity index (χ2v) is 4.83. The van der Waals surface area contributed by atoms with E-state index in [1.807, 2.05) is 18.7 Å². The Balaban J connectivity index is 1.87. The molecule has 80 valence electrons. The van der Waals surface area contributed by atoms with Gasteiger partial charge in [0.2, 0.25) is 0 Å². The molecule has 1 heterocycles. The van der Waals surface area contributed by atoms with Crippen LogP contribution in [-0.4, -0.2) is 40.7 Å². The SMILES string of the molecule is CC(C)C1(O)CN(C(N)=NC2CC2)C1. The third-order valence-electron chi connectivity index (χ3n) is 3.19. The second-order valence-electron chi connectivity index (χ2n) is 4.83. The highest BCUT2D eigenvalue weighted by Gasteiger charge is 2.44. The van der Waals surface area contributed by atoms with E-state index in [0.717, 1.165) is 0 Å². The predicted molar refractivity (Wildman–Crippen MR) is 56.0 cm³/mol. The first-order valence-electron chi connectivity index (χ1n) is 5.32. The smallest absolute Gasteiger partial charge is 0.191 e. The number of hydrogen-bond donors (Lipinski definition) is 2. The van der Waals surface area contributed by atoms with Gasteiger partial charge in [0.1, 0.15) is 5.60 Å². The summed E-state index contributed by atoms with van der Waals surface area (Å²) in [6.07, 6.45) is 2.34. The molecule has 3 N–H and O–H groups in total. The van der Waals surface area contributed by atoms with E-state index in [9.17, 15) is 5.11 Å². The van der Waals surface area contributed by atoms with E-state index in [2.05, 4.69) is 4.99 Å². The van der Waals surface area contributed by atoms with Crippen molar-refractivity contribution in [3.63, 3.8) is 0 Å². The zero-order chi connectivity index (χ0) is 10.3. The van der Waals surface area contributed by atoms with Gasteiger partial charge in [-0.15, -0.1) is 0 Å². The number of nitrogens with zero attached hydrogens (tertiary/aromatic N) is 2. The Bertz CT molecular complexity index is 252. The second kappa shape index (κ2) is 3.12. The van der Waals surface area contributed by atoms with Gasteiger partial charge in [0.25, 0.3) is 0 Å². The van der Waals surface area contributed by atoms with Crippen molar-refractivity contribution >= 4 is 5.96 Å². The molecule has 14 heavy (non-hydrogen) atoms. The summed E-state index contributed by atoms with van der Waals surface area (Å²) in [7, 11) is 0. The molecule has 0 radical (unpaired) electrons. The number of β-amino-alcohol motifs (C(OH)–C–C–N with tert-alkyl or cyclic N) is 1. The van der Waals surface area contributed by atoms with E-state index in [1.54, 1.807) is 0 Å². The normalized spacial score (nSPS) is 26.6. The molecule has 0 atom stereocenters. The lowest BCUT2D eigenvalue weighted by molar-refractivity contribution is -0.0999. The van der Waals surface area contributed by atoms with Crippen LogP contribution in [0.25, 0.3) is 0 Å². The number of nitrogens with two attached hydrogens (primary N) is 1. The van der Waals surface area contributed by atoms with Gasteiger partial charge < -0.3 is 15.7 Å². The Labute approximate surface area is 84.8 Å². The quantitative estimate of drug-likeness (QED) is 0.490. The molecule has 0 bridgehead atoms. The number of aliphatic imine (C=N–C) groups is 1. The predicted octanol–water partition coefficient (Wildman–Crippen LogP) is 0.166. The average Bonchev–Trinajstić information content (AvgIpc) is 2.81. The number of likely N-dealkylation sites (tertiary alicyclic amines) is 1. The van der Waals surface area contributed by atoms with Crippen molar-refractivity contribution in [1.82, 2.24) is 4.90 Å².